The number of hydrogen-bond donors (Lipinski definition) is 0. The fraction of sp³-hybridized carbons (Fsp3) is 0.345. The minimum absolute atomic E-state index is 0.0201. The van der Waals surface area contributed by atoms with E-state index in [1.54, 1.807) is 16.6 Å². The number of rotatable bonds is 11. The molecule has 7 nitrogen and oxygen atoms in total. The maximum atomic E-state index is 13.7. The molecule has 0 N–H and O–H groups in total. The summed E-state index contributed by atoms with van der Waals surface area (Å²) in [6.45, 7) is 3.44. The zero-order valence-corrected chi connectivity index (χ0v) is 20.8. The molecule has 1 amide bonds. The lowest BCUT2D eigenvalue weighted by atomic mass is 9.83. The third-order valence-corrected chi connectivity index (χ3v) is 6.61. The van der Waals surface area contributed by atoms with Gasteiger partial charge in [0.25, 0.3) is 5.91 Å². The van der Waals surface area contributed by atoms with Gasteiger partial charge in [0.2, 0.25) is 5.43 Å². The van der Waals surface area contributed by atoms with Gasteiger partial charge < -0.3 is 18.9 Å². The molecule has 1 aliphatic rings. The van der Waals surface area contributed by atoms with E-state index in [0.717, 1.165) is 24.0 Å². The molecule has 0 spiro atoms. The number of ether oxygens (including phenoxy) is 2. The van der Waals surface area contributed by atoms with Gasteiger partial charge in [-0.3, -0.25) is 14.4 Å². The van der Waals surface area contributed by atoms with Gasteiger partial charge in [-0.25, -0.2) is 0 Å². The third-order valence-electron chi connectivity index (χ3n) is 6.61. The first kappa shape index (κ1) is 25.4. The fourth-order valence-electron chi connectivity index (χ4n) is 4.80. The molecule has 2 heterocycles. The Hall–Kier alpha value is -3.71. The van der Waals surface area contributed by atoms with Gasteiger partial charge in [0.05, 0.1) is 24.8 Å². The molecule has 188 valence electrons. The number of aldehydes is 1. The van der Waals surface area contributed by atoms with Gasteiger partial charge in [-0.15, -0.1) is 0 Å². The zero-order chi connectivity index (χ0) is 25.5. The van der Waals surface area contributed by atoms with Crippen molar-refractivity contribution in [1.82, 2.24) is 9.47 Å². The summed E-state index contributed by atoms with van der Waals surface area (Å²) in [5.41, 5.74) is 1.75. The monoisotopic (exact) mass is 488 g/mol. The lowest BCUT2D eigenvalue weighted by Crippen LogP contribution is -2.48. The van der Waals surface area contributed by atoms with Crippen molar-refractivity contribution in [2.45, 2.75) is 31.7 Å². The second kappa shape index (κ2) is 11.8. The number of carbonyl (C=O) groups excluding carboxylic acids is 2. The molecule has 0 bridgehead atoms. The first-order valence-corrected chi connectivity index (χ1v) is 12.4. The predicted octanol–water partition coefficient (Wildman–Crippen LogP) is 4.32. The first-order chi connectivity index (χ1) is 17.6. The molecular formula is C29H32N2O5. The van der Waals surface area contributed by atoms with Crippen LogP contribution in [0, 0.1) is 0 Å². The van der Waals surface area contributed by atoms with Crippen LogP contribution in [0.5, 0.6) is 5.75 Å². The number of aromatic nitrogens is 1. The van der Waals surface area contributed by atoms with E-state index in [0.29, 0.717) is 26.0 Å². The normalized spacial score (nSPS) is 15.1. The van der Waals surface area contributed by atoms with Crippen LogP contribution in [0.1, 0.15) is 63.7 Å². The highest BCUT2D eigenvalue weighted by Crippen LogP contribution is 2.40. The summed E-state index contributed by atoms with van der Waals surface area (Å²) in [7, 11) is 1.59. The maximum Gasteiger partial charge on any atom is 0.274 e. The van der Waals surface area contributed by atoms with Crippen molar-refractivity contribution in [3.05, 3.63) is 99.5 Å². The molecule has 7 heteroatoms. The van der Waals surface area contributed by atoms with Crippen molar-refractivity contribution in [3.8, 4) is 5.75 Å². The van der Waals surface area contributed by atoms with Crippen LogP contribution in [0.25, 0.3) is 0 Å². The number of carbonyl (C=O) groups is 2. The minimum Gasteiger partial charge on any atom is -0.487 e. The predicted molar refractivity (Wildman–Crippen MR) is 138 cm³/mol. The highest BCUT2D eigenvalue weighted by Gasteiger charge is 2.39. The molecule has 3 aromatic rings. The Morgan fingerprint density at radius 2 is 1.64 bits per heavy atom. The molecule has 4 rings (SSSR count). The Morgan fingerprint density at radius 3 is 2.19 bits per heavy atom. The van der Waals surface area contributed by atoms with Crippen LogP contribution in [-0.2, 0) is 4.74 Å². The molecule has 2 aromatic carbocycles. The van der Waals surface area contributed by atoms with Gasteiger partial charge in [-0.05, 0) is 17.5 Å². The SMILES string of the molecule is CCCCOc1c2n(cc(C=O)c1=O)[C@@H](C(c1ccccc1)c1ccccc1)CN(CCOC)C2=O. The van der Waals surface area contributed by atoms with E-state index in [-0.39, 0.29) is 41.5 Å². The van der Waals surface area contributed by atoms with E-state index in [1.165, 1.54) is 6.20 Å². The smallest absolute Gasteiger partial charge is 0.274 e. The van der Waals surface area contributed by atoms with Crippen LogP contribution in [0.15, 0.2) is 71.7 Å². The van der Waals surface area contributed by atoms with Gasteiger partial charge in [0.1, 0.15) is 0 Å². The molecule has 0 radical (unpaired) electrons. The number of fused-ring (bicyclic) bond motifs is 1. The molecule has 1 aromatic heterocycles. The summed E-state index contributed by atoms with van der Waals surface area (Å²) in [5, 5.41) is 0. The molecule has 1 aliphatic heterocycles. The Bertz CT molecular complexity index is 1200. The summed E-state index contributed by atoms with van der Waals surface area (Å²) < 4.78 is 13.0. The van der Waals surface area contributed by atoms with E-state index in [4.69, 9.17) is 9.47 Å². The summed E-state index contributed by atoms with van der Waals surface area (Å²) in [4.78, 5) is 40.5. The van der Waals surface area contributed by atoms with Crippen molar-refractivity contribution in [3.63, 3.8) is 0 Å². The van der Waals surface area contributed by atoms with Crippen LogP contribution in [0.4, 0.5) is 0 Å². The Labute approximate surface area is 211 Å². The van der Waals surface area contributed by atoms with Crippen molar-refractivity contribution in [2.75, 3.05) is 33.4 Å². The standard InChI is InChI=1S/C29H32N2O5/c1-3-4-16-36-28-26-29(34)30(15-17-35-2)19-24(31(26)18-23(20-32)27(28)33)25(21-11-7-5-8-12-21)22-13-9-6-10-14-22/h5-14,18,20,24-25H,3-4,15-17,19H2,1-2H3/t24-/m1/s1. The van der Waals surface area contributed by atoms with Crippen LogP contribution >= 0.6 is 0 Å². The van der Waals surface area contributed by atoms with Crippen molar-refractivity contribution in [1.29, 1.82) is 0 Å². The minimum atomic E-state index is -0.552. The number of methoxy groups -OCH3 is 1. The topological polar surface area (TPSA) is 77.8 Å². The lowest BCUT2D eigenvalue weighted by Gasteiger charge is -2.40. The third kappa shape index (κ3) is 5.11. The summed E-state index contributed by atoms with van der Waals surface area (Å²) in [6, 6.07) is 19.9. The number of amides is 1. The van der Waals surface area contributed by atoms with Gasteiger partial charge in [0.15, 0.2) is 17.7 Å². The molecule has 0 fully saturated rings. The summed E-state index contributed by atoms with van der Waals surface area (Å²) >= 11 is 0. The maximum absolute atomic E-state index is 13.7. The van der Waals surface area contributed by atoms with Gasteiger partial charge in [-0.2, -0.15) is 0 Å². The van der Waals surface area contributed by atoms with Gasteiger partial charge >= 0.3 is 0 Å². The lowest BCUT2D eigenvalue weighted by molar-refractivity contribution is 0.0579. The van der Waals surface area contributed by atoms with Crippen LogP contribution < -0.4 is 10.2 Å². The summed E-state index contributed by atoms with van der Waals surface area (Å²) in [6.07, 6.45) is 3.66. The van der Waals surface area contributed by atoms with Crippen LogP contribution in [-0.4, -0.2) is 55.1 Å². The summed E-state index contributed by atoms with van der Waals surface area (Å²) in [5.74, 6) is -0.496. The van der Waals surface area contributed by atoms with E-state index in [9.17, 15) is 14.4 Å². The Balaban J connectivity index is 1.95. The van der Waals surface area contributed by atoms with Crippen LogP contribution in [0.2, 0.25) is 0 Å². The highest BCUT2D eigenvalue weighted by molar-refractivity contribution is 5.97. The largest absolute Gasteiger partial charge is 0.487 e. The fourth-order valence-corrected chi connectivity index (χ4v) is 4.80. The van der Waals surface area contributed by atoms with Crippen molar-refractivity contribution < 1.29 is 19.1 Å². The Kier molecular flexibility index (Phi) is 8.33. The molecule has 0 saturated carbocycles. The van der Waals surface area contributed by atoms with Crippen molar-refractivity contribution >= 4 is 12.2 Å². The second-order valence-electron chi connectivity index (χ2n) is 8.93. The van der Waals surface area contributed by atoms with E-state index in [2.05, 4.69) is 24.3 Å². The first-order valence-electron chi connectivity index (χ1n) is 12.4. The van der Waals surface area contributed by atoms with Gasteiger partial charge in [0, 0.05) is 32.3 Å². The van der Waals surface area contributed by atoms with E-state index >= 15 is 0 Å². The molecule has 1 atom stereocenters. The van der Waals surface area contributed by atoms with Gasteiger partial charge in [-0.1, -0.05) is 74.0 Å². The number of benzene rings is 2. The van der Waals surface area contributed by atoms with E-state index in [1.807, 2.05) is 43.3 Å². The average molecular weight is 489 g/mol. The molecule has 0 unspecified atom stereocenters. The molecule has 0 saturated heterocycles. The van der Waals surface area contributed by atoms with Crippen LogP contribution in [0.3, 0.4) is 0 Å². The molecule has 36 heavy (non-hydrogen) atoms. The number of pyridine rings is 1. The Morgan fingerprint density at radius 1 is 1.00 bits per heavy atom. The number of nitrogens with zero attached hydrogens (tertiary/aromatic N) is 2. The molecule has 0 aliphatic carbocycles. The highest BCUT2D eigenvalue weighted by atomic mass is 16.5. The quantitative estimate of drug-likeness (QED) is 0.297. The second-order valence-corrected chi connectivity index (χ2v) is 8.93. The molecular weight excluding hydrogens is 456 g/mol. The number of hydrogen-bond acceptors (Lipinski definition) is 5. The van der Waals surface area contributed by atoms with E-state index < -0.39 is 5.43 Å². The number of unbranched alkanes of at least 4 members (excludes halogenated alkanes) is 1. The van der Waals surface area contributed by atoms with Crippen molar-refractivity contribution in [2.24, 2.45) is 0 Å². The zero-order valence-electron chi connectivity index (χ0n) is 20.8. The average Bonchev–Trinajstić information content (AvgIpc) is 2.91.